The molecular weight excluding hydrogens is 370 g/mol. The summed E-state index contributed by atoms with van der Waals surface area (Å²) in [5, 5.41) is 3.68. The molecule has 1 aromatic heterocycles. The van der Waals surface area contributed by atoms with Crippen LogP contribution in [0.15, 0.2) is 36.4 Å². The van der Waals surface area contributed by atoms with Gasteiger partial charge >= 0.3 is 0 Å². The summed E-state index contributed by atoms with van der Waals surface area (Å²) in [4.78, 5) is 30.6. The maximum absolute atomic E-state index is 13.4. The zero-order valence-corrected chi connectivity index (χ0v) is 18.1. The van der Waals surface area contributed by atoms with E-state index < -0.39 is 5.41 Å². The summed E-state index contributed by atoms with van der Waals surface area (Å²) in [6.07, 6.45) is 0. The summed E-state index contributed by atoms with van der Waals surface area (Å²) in [5.74, 6) is -0.00443. The van der Waals surface area contributed by atoms with Crippen LogP contribution in [0.1, 0.15) is 47.6 Å². The first-order valence-electron chi connectivity index (χ1n) is 9.63. The Morgan fingerprint density at radius 2 is 1.82 bits per heavy atom. The first-order chi connectivity index (χ1) is 13.2. The van der Waals surface area contributed by atoms with Crippen LogP contribution < -0.4 is 5.32 Å². The van der Waals surface area contributed by atoms with Gasteiger partial charge in [-0.05, 0) is 31.2 Å². The molecule has 1 aromatic carbocycles. The lowest BCUT2D eigenvalue weighted by atomic mass is 9.96. The van der Waals surface area contributed by atoms with Crippen LogP contribution in [0.25, 0.3) is 0 Å². The number of carbonyl (C=O) groups is 2. The number of rotatable bonds is 3. The summed E-state index contributed by atoms with van der Waals surface area (Å²) >= 11 is 1.37. The number of carbonyl (C=O) groups excluding carboxylic acids is 2. The molecule has 1 fully saturated rings. The number of thiophene rings is 1. The van der Waals surface area contributed by atoms with E-state index >= 15 is 0 Å². The highest BCUT2D eigenvalue weighted by atomic mass is 32.1. The first-order valence-corrected chi connectivity index (χ1v) is 10.4. The van der Waals surface area contributed by atoms with Gasteiger partial charge in [-0.15, -0.1) is 11.3 Å². The van der Waals surface area contributed by atoms with Gasteiger partial charge in [0.2, 0.25) is 5.91 Å². The van der Waals surface area contributed by atoms with Crippen LogP contribution >= 0.6 is 11.3 Å². The van der Waals surface area contributed by atoms with Gasteiger partial charge in [0.25, 0.3) is 5.91 Å². The zero-order chi connectivity index (χ0) is 20.5. The van der Waals surface area contributed by atoms with Gasteiger partial charge in [0.1, 0.15) is 0 Å². The van der Waals surface area contributed by atoms with Crippen LogP contribution in [-0.2, 0) is 4.79 Å². The lowest BCUT2D eigenvalue weighted by Crippen LogP contribution is -2.49. The normalized spacial score (nSPS) is 18.2. The van der Waals surface area contributed by atoms with E-state index in [4.69, 9.17) is 0 Å². The van der Waals surface area contributed by atoms with Gasteiger partial charge in [-0.25, -0.2) is 0 Å². The van der Waals surface area contributed by atoms with Crippen molar-refractivity contribution in [2.45, 2.75) is 33.7 Å². The predicted molar refractivity (Wildman–Crippen MR) is 115 cm³/mol. The van der Waals surface area contributed by atoms with Gasteiger partial charge in [-0.3, -0.25) is 9.59 Å². The molecule has 1 N–H and O–H groups in total. The Morgan fingerprint density at radius 1 is 1.14 bits per heavy atom. The second kappa shape index (κ2) is 8.05. The number of likely N-dealkylation sites (N-methyl/N-ethyl adjacent to an activating group) is 1. The number of piperazine rings is 1. The number of nitrogens with zero attached hydrogens (tertiary/aromatic N) is 2. The van der Waals surface area contributed by atoms with Crippen molar-refractivity contribution in [1.82, 2.24) is 9.80 Å². The van der Waals surface area contributed by atoms with Crippen LogP contribution in [0.4, 0.5) is 5.00 Å². The third-order valence-corrected chi connectivity index (χ3v) is 6.20. The number of amides is 2. The lowest BCUT2D eigenvalue weighted by Gasteiger charge is -2.40. The van der Waals surface area contributed by atoms with Gasteiger partial charge < -0.3 is 15.1 Å². The molecule has 1 aliphatic rings. The molecule has 2 heterocycles. The minimum Gasteiger partial charge on any atom is -0.328 e. The fraction of sp³-hybridized carbons (Fsp3) is 0.455. The van der Waals surface area contributed by atoms with Crippen LogP contribution in [-0.4, -0.2) is 48.3 Å². The molecule has 2 aromatic rings. The minimum absolute atomic E-state index is 0.0292. The average molecular weight is 400 g/mol. The van der Waals surface area contributed by atoms with Gasteiger partial charge in [-0.2, -0.15) is 0 Å². The summed E-state index contributed by atoms with van der Waals surface area (Å²) in [7, 11) is 2.09. The highest BCUT2D eigenvalue weighted by Gasteiger charge is 2.32. The molecule has 0 bridgehead atoms. The first kappa shape index (κ1) is 20.6. The Hall–Kier alpha value is -2.18. The Morgan fingerprint density at radius 3 is 2.46 bits per heavy atom. The second-order valence-electron chi connectivity index (χ2n) is 8.51. The van der Waals surface area contributed by atoms with E-state index in [1.54, 1.807) is 0 Å². The third-order valence-electron chi connectivity index (χ3n) is 5.06. The van der Waals surface area contributed by atoms with Gasteiger partial charge in [0, 0.05) is 25.0 Å². The van der Waals surface area contributed by atoms with E-state index in [0.29, 0.717) is 11.4 Å². The highest BCUT2D eigenvalue weighted by Crippen LogP contribution is 2.33. The molecule has 0 saturated carbocycles. The van der Waals surface area contributed by atoms with Crippen molar-refractivity contribution in [2.24, 2.45) is 5.41 Å². The van der Waals surface area contributed by atoms with Gasteiger partial charge in [0.15, 0.2) is 0 Å². The summed E-state index contributed by atoms with van der Waals surface area (Å²) < 4.78 is 0. The molecule has 0 spiro atoms. The Kier molecular flexibility index (Phi) is 5.91. The molecule has 0 unspecified atom stereocenters. The molecule has 28 heavy (non-hydrogen) atoms. The molecular formula is C22H29N3O2S. The largest absolute Gasteiger partial charge is 0.328 e. The van der Waals surface area contributed by atoms with Crippen LogP contribution in [0.5, 0.6) is 0 Å². The molecule has 1 aliphatic heterocycles. The zero-order valence-electron chi connectivity index (χ0n) is 17.3. The van der Waals surface area contributed by atoms with Gasteiger partial charge in [0.05, 0.1) is 15.9 Å². The Balaban J connectivity index is 1.85. The van der Waals surface area contributed by atoms with Crippen molar-refractivity contribution < 1.29 is 9.59 Å². The lowest BCUT2D eigenvalue weighted by molar-refractivity contribution is -0.123. The number of hydrogen-bond acceptors (Lipinski definition) is 4. The van der Waals surface area contributed by atoms with Crippen LogP contribution in [0, 0.1) is 12.3 Å². The fourth-order valence-corrected chi connectivity index (χ4v) is 4.33. The number of nitrogens with one attached hydrogen (secondary N) is 1. The quantitative estimate of drug-likeness (QED) is 0.843. The van der Waals surface area contributed by atoms with Crippen molar-refractivity contribution in [3.8, 4) is 0 Å². The highest BCUT2D eigenvalue weighted by molar-refractivity contribution is 7.18. The van der Waals surface area contributed by atoms with Gasteiger partial charge in [-0.1, -0.05) is 51.1 Å². The maximum Gasteiger partial charge on any atom is 0.264 e. The number of aryl methyl sites for hydroxylation is 1. The van der Waals surface area contributed by atoms with E-state index in [1.165, 1.54) is 11.3 Å². The minimum atomic E-state index is -0.474. The van der Waals surface area contributed by atoms with Crippen LogP contribution in [0.3, 0.4) is 0 Å². The molecule has 2 amide bonds. The van der Waals surface area contributed by atoms with E-state index in [0.717, 1.165) is 29.2 Å². The fourth-order valence-electron chi connectivity index (χ4n) is 3.31. The molecule has 0 aliphatic carbocycles. The molecule has 3 rings (SSSR count). The van der Waals surface area contributed by atoms with Crippen LogP contribution in [0.2, 0.25) is 0 Å². The van der Waals surface area contributed by atoms with Crippen molar-refractivity contribution in [3.63, 3.8) is 0 Å². The maximum atomic E-state index is 13.4. The SMILES string of the molecule is Cc1cc(NC(=O)C(C)(C)C)sc1C(=O)N1CCN(C)C[C@@H]1c1ccccc1. The summed E-state index contributed by atoms with van der Waals surface area (Å²) in [5.41, 5.74) is 1.58. The number of anilines is 1. The third kappa shape index (κ3) is 4.45. The molecule has 0 radical (unpaired) electrons. The Bertz CT molecular complexity index is 854. The molecule has 6 heteroatoms. The predicted octanol–water partition coefficient (Wildman–Crippen LogP) is 4.17. The molecule has 150 valence electrons. The van der Waals surface area contributed by atoms with Crippen molar-refractivity contribution in [2.75, 3.05) is 32.0 Å². The van der Waals surface area contributed by atoms with E-state index in [-0.39, 0.29) is 17.9 Å². The van der Waals surface area contributed by atoms with E-state index in [1.807, 2.05) is 56.9 Å². The summed E-state index contributed by atoms with van der Waals surface area (Å²) in [6.45, 7) is 9.93. The standard InChI is InChI=1S/C22H29N3O2S/c1-15-13-18(23-21(27)22(2,3)4)28-19(15)20(26)25-12-11-24(5)14-17(25)16-9-7-6-8-10-16/h6-10,13,17H,11-12,14H2,1-5H3,(H,23,27)/t17-/m1/s1. The average Bonchev–Trinajstić information content (AvgIpc) is 3.01. The van der Waals surface area contributed by atoms with E-state index in [2.05, 4.69) is 29.4 Å². The monoisotopic (exact) mass is 399 g/mol. The molecule has 5 nitrogen and oxygen atoms in total. The smallest absolute Gasteiger partial charge is 0.264 e. The molecule has 1 saturated heterocycles. The topological polar surface area (TPSA) is 52.7 Å². The summed E-state index contributed by atoms with van der Waals surface area (Å²) in [6, 6.07) is 12.1. The number of hydrogen-bond donors (Lipinski definition) is 1. The number of benzene rings is 1. The van der Waals surface area contributed by atoms with Crippen molar-refractivity contribution >= 4 is 28.2 Å². The molecule has 1 atom stereocenters. The Labute approximate surface area is 171 Å². The van der Waals surface area contributed by atoms with Crippen molar-refractivity contribution in [3.05, 3.63) is 52.4 Å². The van der Waals surface area contributed by atoms with Crippen molar-refractivity contribution in [1.29, 1.82) is 0 Å². The van der Waals surface area contributed by atoms with E-state index in [9.17, 15) is 9.59 Å². The second-order valence-corrected chi connectivity index (χ2v) is 9.57.